The highest BCUT2D eigenvalue weighted by atomic mass is 19.4. The first-order chi connectivity index (χ1) is 15.2. The molecule has 170 valence electrons. The van der Waals surface area contributed by atoms with Crippen molar-refractivity contribution < 1.29 is 23.1 Å². The van der Waals surface area contributed by atoms with Gasteiger partial charge in [-0.05, 0) is 49.8 Å². The number of piperazine rings is 1. The number of hydrogen-bond donors (Lipinski definition) is 1. The van der Waals surface area contributed by atoms with Crippen LogP contribution in [0.3, 0.4) is 0 Å². The van der Waals surface area contributed by atoms with Crippen molar-refractivity contribution >= 4 is 12.0 Å². The molecule has 1 N–H and O–H groups in total. The molecule has 0 saturated carbocycles. The van der Waals surface area contributed by atoms with Gasteiger partial charge in [-0.25, -0.2) is 0 Å². The van der Waals surface area contributed by atoms with Crippen molar-refractivity contribution in [3.8, 4) is 11.8 Å². The van der Waals surface area contributed by atoms with Crippen LogP contribution in [0.4, 0.5) is 13.2 Å². The first-order valence-electron chi connectivity index (χ1n) is 10.3. The Labute approximate surface area is 184 Å². The molecule has 2 aromatic rings. The van der Waals surface area contributed by atoms with Gasteiger partial charge in [-0.15, -0.1) is 0 Å². The van der Waals surface area contributed by atoms with Crippen molar-refractivity contribution in [1.82, 2.24) is 14.4 Å². The topological polar surface area (TPSA) is 72.5 Å². The van der Waals surface area contributed by atoms with Gasteiger partial charge in [0.25, 0.3) is 5.91 Å². The van der Waals surface area contributed by atoms with Gasteiger partial charge in [0, 0.05) is 49.8 Å². The van der Waals surface area contributed by atoms with E-state index in [1.165, 1.54) is 12.1 Å². The molecule has 1 aliphatic heterocycles. The van der Waals surface area contributed by atoms with Gasteiger partial charge in [0.05, 0.1) is 12.2 Å². The molecule has 1 aromatic carbocycles. The maximum atomic E-state index is 13.1. The number of aliphatic hydroxyl groups excluding tert-OH is 1. The summed E-state index contributed by atoms with van der Waals surface area (Å²) in [5, 5.41) is 18.6. The highest BCUT2D eigenvalue weighted by Gasteiger charge is 2.31. The first kappa shape index (κ1) is 23.6. The molecular weight excluding hydrogens is 421 g/mol. The Morgan fingerprint density at radius 1 is 1.19 bits per heavy atom. The number of amides is 1. The fourth-order valence-electron chi connectivity index (χ4n) is 3.94. The molecule has 0 atom stereocenters. The van der Waals surface area contributed by atoms with E-state index in [0.717, 1.165) is 12.1 Å². The number of β-amino-alcohol motifs (C(OH)–C–C–N with tert-alkyl or cyclic N) is 1. The molecule has 1 aromatic heterocycles. The summed E-state index contributed by atoms with van der Waals surface area (Å²) in [6, 6.07) is 8.76. The summed E-state index contributed by atoms with van der Waals surface area (Å²) in [6.07, 6.45) is -2.95. The van der Waals surface area contributed by atoms with E-state index in [2.05, 4.69) is 0 Å². The third-order valence-corrected chi connectivity index (χ3v) is 5.63. The summed E-state index contributed by atoms with van der Waals surface area (Å²) >= 11 is 0. The van der Waals surface area contributed by atoms with Crippen molar-refractivity contribution in [2.24, 2.45) is 0 Å². The largest absolute Gasteiger partial charge is 0.416 e. The SMILES string of the molecule is Cc1cc(/C=C(/C#N)C(=O)N2CCN(CCO)CC2)c(C)n1-c1cccc(C(F)(F)F)c1. The van der Waals surface area contributed by atoms with Crippen LogP contribution in [0.15, 0.2) is 35.9 Å². The summed E-state index contributed by atoms with van der Waals surface area (Å²) in [7, 11) is 0. The minimum atomic E-state index is -4.45. The van der Waals surface area contributed by atoms with Crippen LogP contribution in [-0.2, 0) is 11.0 Å². The van der Waals surface area contributed by atoms with Crippen molar-refractivity contribution in [2.45, 2.75) is 20.0 Å². The molecule has 0 radical (unpaired) electrons. The van der Waals surface area contributed by atoms with Crippen LogP contribution in [-0.4, -0.2) is 64.7 Å². The lowest BCUT2D eigenvalue weighted by Gasteiger charge is -2.34. The Morgan fingerprint density at radius 2 is 1.88 bits per heavy atom. The summed E-state index contributed by atoms with van der Waals surface area (Å²) in [5.41, 5.74) is 1.52. The summed E-state index contributed by atoms with van der Waals surface area (Å²) in [5.74, 6) is -0.375. The Hall–Kier alpha value is -3.09. The van der Waals surface area contributed by atoms with Crippen molar-refractivity contribution in [3.05, 3.63) is 58.4 Å². The molecule has 1 saturated heterocycles. The Kier molecular flexibility index (Phi) is 7.06. The summed E-state index contributed by atoms with van der Waals surface area (Å²) in [4.78, 5) is 16.5. The third-order valence-electron chi connectivity index (χ3n) is 5.63. The molecule has 1 aliphatic rings. The number of nitrogens with zero attached hydrogens (tertiary/aromatic N) is 4. The maximum absolute atomic E-state index is 13.1. The van der Waals surface area contributed by atoms with Crippen LogP contribution in [0.1, 0.15) is 22.5 Å². The molecule has 0 spiro atoms. The van der Waals surface area contributed by atoms with Gasteiger partial charge in [-0.1, -0.05) is 6.07 Å². The molecule has 0 aliphatic carbocycles. The van der Waals surface area contributed by atoms with Gasteiger partial charge < -0.3 is 14.6 Å². The van der Waals surface area contributed by atoms with Crippen LogP contribution in [0.2, 0.25) is 0 Å². The Bertz CT molecular complexity index is 1060. The number of rotatable bonds is 5. The average molecular weight is 446 g/mol. The zero-order valence-corrected chi connectivity index (χ0v) is 18.0. The second kappa shape index (κ2) is 9.59. The number of carbonyl (C=O) groups excluding carboxylic acids is 1. The normalized spacial score (nSPS) is 15.7. The predicted molar refractivity (Wildman–Crippen MR) is 114 cm³/mol. The minimum Gasteiger partial charge on any atom is -0.395 e. The van der Waals surface area contributed by atoms with Crippen molar-refractivity contribution in [3.63, 3.8) is 0 Å². The number of alkyl halides is 3. The van der Waals surface area contributed by atoms with Crippen LogP contribution in [0, 0.1) is 25.2 Å². The van der Waals surface area contributed by atoms with E-state index >= 15 is 0 Å². The van der Waals surface area contributed by atoms with Gasteiger partial charge in [-0.2, -0.15) is 18.4 Å². The van der Waals surface area contributed by atoms with Gasteiger partial charge in [0.2, 0.25) is 0 Å². The van der Waals surface area contributed by atoms with Crippen LogP contribution >= 0.6 is 0 Å². The number of halogens is 3. The molecule has 1 fully saturated rings. The van der Waals surface area contributed by atoms with Crippen LogP contribution < -0.4 is 0 Å². The van der Waals surface area contributed by atoms with Gasteiger partial charge in [0.15, 0.2) is 0 Å². The summed E-state index contributed by atoms with van der Waals surface area (Å²) in [6.45, 7) is 6.26. The van der Waals surface area contributed by atoms with Gasteiger partial charge in [0.1, 0.15) is 11.6 Å². The van der Waals surface area contributed by atoms with E-state index in [9.17, 15) is 23.2 Å². The number of aryl methyl sites for hydroxylation is 1. The number of aromatic nitrogens is 1. The molecule has 32 heavy (non-hydrogen) atoms. The number of nitriles is 1. The Morgan fingerprint density at radius 3 is 2.47 bits per heavy atom. The smallest absolute Gasteiger partial charge is 0.395 e. The number of aliphatic hydroxyl groups is 1. The minimum absolute atomic E-state index is 0.0232. The van der Waals surface area contributed by atoms with Gasteiger partial charge >= 0.3 is 6.18 Å². The second-order valence-corrected chi connectivity index (χ2v) is 7.74. The Balaban J connectivity index is 1.87. The quantitative estimate of drug-likeness (QED) is 0.566. The highest BCUT2D eigenvalue weighted by Crippen LogP contribution is 2.31. The molecule has 6 nitrogen and oxygen atoms in total. The molecule has 9 heteroatoms. The van der Waals surface area contributed by atoms with E-state index in [0.29, 0.717) is 55.4 Å². The monoisotopic (exact) mass is 446 g/mol. The molecule has 1 amide bonds. The number of carbonyl (C=O) groups is 1. The molecule has 2 heterocycles. The lowest BCUT2D eigenvalue weighted by molar-refractivity contribution is -0.137. The van der Waals surface area contributed by atoms with E-state index in [1.54, 1.807) is 35.4 Å². The summed E-state index contributed by atoms with van der Waals surface area (Å²) < 4.78 is 41.1. The first-order valence-corrected chi connectivity index (χ1v) is 10.3. The van der Waals surface area contributed by atoms with E-state index in [4.69, 9.17) is 5.11 Å². The van der Waals surface area contributed by atoms with Crippen molar-refractivity contribution in [1.29, 1.82) is 5.26 Å². The van der Waals surface area contributed by atoms with Gasteiger partial charge in [-0.3, -0.25) is 9.69 Å². The predicted octanol–water partition coefficient (Wildman–Crippen LogP) is 3.16. The molecule has 3 rings (SSSR count). The molecule has 0 bridgehead atoms. The lowest BCUT2D eigenvalue weighted by atomic mass is 10.1. The average Bonchev–Trinajstić information content (AvgIpc) is 3.04. The van der Waals surface area contributed by atoms with E-state index in [-0.39, 0.29) is 18.1 Å². The van der Waals surface area contributed by atoms with E-state index < -0.39 is 11.7 Å². The molecule has 0 unspecified atom stereocenters. The fraction of sp³-hybridized carbons (Fsp3) is 0.391. The number of benzene rings is 1. The molecular formula is C23H25F3N4O2. The fourth-order valence-corrected chi connectivity index (χ4v) is 3.94. The number of hydrogen-bond acceptors (Lipinski definition) is 4. The standard InChI is InChI=1S/C23H25F3N4O2/c1-16-12-18(17(2)30(16)21-5-3-4-20(14-21)23(24,25)26)13-19(15-27)22(32)29-8-6-28(7-9-29)10-11-31/h3-5,12-14,31H,6-11H2,1-2H3/b19-13-. The van der Waals surface area contributed by atoms with Crippen molar-refractivity contribution in [2.75, 3.05) is 39.3 Å². The zero-order valence-electron chi connectivity index (χ0n) is 18.0. The maximum Gasteiger partial charge on any atom is 0.416 e. The lowest BCUT2D eigenvalue weighted by Crippen LogP contribution is -2.49. The van der Waals surface area contributed by atoms with E-state index in [1.807, 2.05) is 11.0 Å². The van der Waals surface area contributed by atoms with Crippen LogP contribution in [0.25, 0.3) is 11.8 Å². The highest BCUT2D eigenvalue weighted by molar-refractivity contribution is 6.02. The second-order valence-electron chi connectivity index (χ2n) is 7.74. The van der Waals surface area contributed by atoms with Crippen LogP contribution in [0.5, 0.6) is 0 Å². The third kappa shape index (κ3) is 5.03. The zero-order chi connectivity index (χ0) is 23.5.